The molecule has 0 saturated heterocycles. The first kappa shape index (κ1) is 47.4. The second-order valence-corrected chi connectivity index (χ2v) is 27.8. The highest BCUT2D eigenvalue weighted by Crippen LogP contribution is 2.54. The van der Waals surface area contributed by atoms with E-state index in [1.165, 1.54) is 152 Å². The first-order valence-corrected chi connectivity index (χ1v) is 28.0. The highest BCUT2D eigenvalue weighted by atomic mass is 32.1. The summed E-state index contributed by atoms with van der Waals surface area (Å²) in [7, 11) is 0.834. The van der Waals surface area contributed by atoms with Gasteiger partial charge in [0.1, 0.15) is 0 Å². The lowest BCUT2D eigenvalue weighted by Crippen LogP contribution is -2.41. The molecule has 0 bridgehead atoms. The lowest BCUT2D eigenvalue weighted by atomic mass is 9.57. The molecule has 8 aromatic rings. The summed E-state index contributed by atoms with van der Waals surface area (Å²) < 4.78 is 2.69. The normalized spacial score (nSPS) is 19.4. The SMILES string of the molecule is Cc1ccccc1-c1cc(-c2cc3c(cc2Nc2ccc4c(c2)C(C)(C)CCC4(C)C)C(C)(C)CCC3(C)C)c2c(c1)N(c1cc3c(cc1C)C(C)(C)CCC3(C)C)c1cc3sc4ccccc4c3cc1B2. The Balaban J connectivity index is 1.18. The number of hydrogen-bond donors (Lipinski definition) is 1. The number of nitrogens with one attached hydrogen (secondary N) is 1. The van der Waals surface area contributed by atoms with Crippen LogP contribution in [0.1, 0.15) is 166 Å². The van der Waals surface area contributed by atoms with Crippen molar-refractivity contribution in [3.05, 3.63) is 160 Å². The highest BCUT2D eigenvalue weighted by molar-refractivity contribution is 7.25. The van der Waals surface area contributed by atoms with E-state index < -0.39 is 0 Å². The maximum atomic E-state index is 4.23. The Bertz CT molecular complexity index is 3570. The average Bonchev–Trinajstić information content (AvgIpc) is 3.69. The molecule has 0 spiro atoms. The van der Waals surface area contributed by atoms with Gasteiger partial charge in [0, 0.05) is 48.8 Å². The Morgan fingerprint density at radius 2 is 1.00 bits per heavy atom. The molecular formula is C68H75BN2S. The van der Waals surface area contributed by atoms with E-state index >= 15 is 0 Å². The summed E-state index contributed by atoms with van der Waals surface area (Å²) in [6, 6.07) is 46.0. The molecule has 4 heteroatoms. The number of anilines is 5. The first-order valence-electron chi connectivity index (χ1n) is 27.2. The van der Waals surface area contributed by atoms with Crippen LogP contribution in [0.25, 0.3) is 42.4 Å². The van der Waals surface area contributed by atoms with Gasteiger partial charge in [-0.25, -0.2) is 0 Å². The predicted octanol–water partition coefficient (Wildman–Crippen LogP) is 18.0. The van der Waals surface area contributed by atoms with E-state index in [9.17, 15) is 0 Å². The van der Waals surface area contributed by atoms with E-state index in [1.807, 2.05) is 11.3 Å². The van der Waals surface area contributed by atoms with Gasteiger partial charge in [0.05, 0.1) is 0 Å². The zero-order chi connectivity index (χ0) is 50.7. The van der Waals surface area contributed by atoms with Crippen molar-refractivity contribution in [1.82, 2.24) is 0 Å². The monoisotopic (exact) mass is 963 g/mol. The zero-order valence-electron chi connectivity index (χ0n) is 45.8. The molecule has 366 valence electrons. The lowest BCUT2D eigenvalue weighted by molar-refractivity contribution is 0.332. The number of benzene rings is 7. The molecule has 1 aliphatic heterocycles. The molecule has 2 nitrogen and oxygen atoms in total. The van der Waals surface area contributed by atoms with Crippen LogP contribution in [0.2, 0.25) is 0 Å². The summed E-state index contributed by atoms with van der Waals surface area (Å²) in [6.45, 7) is 34.2. The predicted molar refractivity (Wildman–Crippen MR) is 316 cm³/mol. The van der Waals surface area contributed by atoms with Crippen LogP contribution < -0.4 is 21.1 Å². The van der Waals surface area contributed by atoms with Gasteiger partial charge < -0.3 is 10.2 Å². The fourth-order valence-electron chi connectivity index (χ4n) is 13.8. The molecule has 7 aromatic carbocycles. The molecular weight excluding hydrogens is 888 g/mol. The van der Waals surface area contributed by atoms with Crippen molar-refractivity contribution in [2.75, 3.05) is 10.2 Å². The van der Waals surface area contributed by atoms with Gasteiger partial charge in [-0.05, 0) is 212 Å². The van der Waals surface area contributed by atoms with Crippen molar-refractivity contribution >= 4 is 78.2 Å². The Morgan fingerprint density at radius 1 is 0.431 bits per heavy atom. The van der Waals surface area contributed by atoms with Crippen LogP contribution >= 0.6 is 11.3 Å². The molecule has 4 aliphatic rings. The average molecular weight is 963 g/mol. The van der Waals surface area contributed by atoms with Gasteiger partial charge in [-0.15, -0.1) is 11.3 Å². The zero-order valence-corrected chi connectivity index (χ0v) is 46.6. The summed E-state index contributed by atoms with van der Waals surface area (Å²) in [5, 5.41) is 6.94. The van der Waals surface area contributed by atoms with Crippen LogP contribution in [-0.4, -0.2) is 7.28 Å². The van der Waals surface area contributed by atoms with Crippen molar-refractivity contribution in [1.29, 1.82) is 0 Å². The molecule has 0 saturated carbocycles. The Morgan fingerprint density at radius 3 is 1.67 bits per heavy atom. The molecule has 72 heavy (non-hydrogen) atoms. The maximum Gasteiger partial charge on any atom is 0.198 e. The molecule has 3 aliphatic carbocycles. The quantitative estimate of drug-likeness (QED) is 0.173. The van der Waals surface area contributed by atoms with Crippen LogP contribution in [0.4, 0.5) is 28.4 Å². The summed E-state index contributed by atoms with van der Waals surface area (Å²) >= 11 is 1.93. The van der Waals surface area contributed by atoms with Gasteiger partial charge in [-0.3, -0.25) is 0 Å². The van der Waals surface area contributed by atoms with E-state index in [-0.39, 0.29) is 32.5 Å². The standard InChI is InChI=1S/C68H75BN2S/c1-40-19-15-16-20-44(40)42-32-48(46-35-52-53(67(11,12)29-28-66(52,9)10)37-56(46)70-43-23-24-49-51(34-43)65(7,8)26-25-63(49,3)4)62-59(33-42)71(57-38-54-50(31-41(57)2)64(5,6)27-30-68(54,13)14)58-39-61-47(36-55(58)69-62)45-21-17-18-22-60(45)72-61/h15-24,31-39,69-70H,25-30H2,1-14H3. The first-order chi connectivity index (χ1) is 33.9. The van der Waals surface area contributed by atoms with Crippen LogP contribution in [-0.2, 0) is 32.5 Å². The largest absolute Gasteiger partial charge is 0.355 e. The summed E-state index contributed by atoms with van der Waals surface area (Å²) in [5.74, 6) is 0. The molecule has 12 rings (SSSR count). The number of nitrogens with zero attached hydrogens (tertiary/aromatic N) is 1. The molecule has 0 amide bonds. The number of hydrogen-bond acceptors (Lipinski definition) is 3. The highest BCUT2D eigenvalue weighted by Gasteiger charge is 2.42. The number of thiophene rings is 1. The Kier molecular flexibility index (Phi) is 10.5. The van der Waals surface area contributed by atoms with Crippen LogP contribution in [0.5, 0.6) is 0 Å². The fourth-order valence-corrected chi connectivity index (χ4v) is 14.9. The van der Waals surface area contributed by atoms with E-state index in [0.29, 0.717) is 0 Å². The fraction of sp³-hybridized carbons (Fsp3) is 0.382. The minimum absolute atomic E-state index is 0.0261. The van der Waals surface area contributed by atoms with E-state index in [2.05, 4.69) is 222 Å². The number of aryl methyl sites for hydroxylation is 2. The lowest BCUT2D eigenvalue weighted by Gasteiger charge is -2.44. The summed E-state index contributed by atoms with van der Waals surface area (Å²) in [4.78, 5) is 2.71. The van der Waals surface area contributed by atoms with Crippen molar-refractivity contribution in [2.24, 2.45) is 0 Å². The van der Waals surface area contributed by atoms with Crippen LogP contribution in [0.3, 0.4) is 0 Å². The number of rotatable bonds is 5. The smallest absolute Gasteiger partial charge is 0.198 e. The van der Waals surface area contributed by atoms with Crippen LogP contribution in [0, 0.1) is 13.8 Å². The number of fused-ring (bicyclic) bond motifs is 8. The van der Waals surface area contributed by atoms with E-state index in [1.54, 1.807) is 0 Å². The van der Waals surface area contributed by atoms with Gasteiger partial charge in [0.25, 0.3) is 0 Å². The van der Waals surface area contributed by atoms with E-state index in [4.69, 9.17) is 0 Å². The molecule has 0 radical (unpaired) electrons. The molecule has 2 heterocycles. The van der Waals surface area contributed by atoms with Gasteiger partial charge in [-0.2, -0.15) is 0 Å². The van der Waals surface area contributed by atoms with E-state index in [0.717, 1.165) is 20.1 Å². The van der Waals surface area contributed by atoms with Gasteiger partial charge >= 0.3 is 0 Å². The third-order valence-corrected chi connectivity index (χ3v) is 20.1. The topological polar surface area (TPSA) is 15.3 Å². The molecule has 0 unspecified atom stereocenters. The van der Waals surface area contributed by atoms with Gasteiger partial charge in [-0.1, -0.05) is 149 Å². The Labute approximate surface area is 435 Å². The van der Waals surface area contributed by atoms with Gasteiger partial charge in [0.15, 0.2) is 7.28 Å². The third-order valence-electron chi connectivity index (χ3n) is 18.9. The second kappa shape index (κ2) is 16.0. The molecule has 1 aromatic heterocycles. The summed E-state index contributed by atoms with van der Waals surface area (Å²) in [5.41, 5.74) is 26.2. The molecule has 1 N–H and O–H groups in total. The summed E-state index contributed by atoms with van der Waals surface area (Å²) in [6.07, 6.45) is 7.08. The Hall–Kier alpha value is -5.58. The minimum atomic E-state index is 0.0261. The maximum absolute atomic E-state index is 4.23. The van der Waals surface area contributed by atoms with Crippen molar-refractivity contribution in [3.8, 4) is 22.3 Å². The minimum Gasteiger partial charge on any atom is -0.355 e. The van der Waals surface area contributed by atoms with Gasteiger partial charge in [0.2, 0.25) is 0 Å². The third kappa shape index (κ3) is 7.46. The van der Waals surface area contributed by atoms with Crippen molar-refractivity contribution in [3.63, 3.8) is 0 Å². The van der Waals surface area contributed by atoms with Crippen molar-refractivity contribution < 1.29 is 0 Å². The van der Waals surface area contributed by atoms with Crippen LogP contribution in [0.15, 0.2) is 115 Å². The van der Waals surface area contributed by atoms with Crippen molar-refractivity contribution in [2.45, 2.75) is 168 Å². The second-order valence-electron chi connectivity index (χ2n) is 26.7. The molecule has 0 fully saturated rings. The molecule has 0 atom stereocenters.